The fourth-order valence-electron chi connectivity index (χ4n) is 2.82. The molecule has 0 radical (unpaired) electrons. The third-order valence-electron chi connectivity index (χ3n) is 4.01. The third-order valence-corrected chi connectivity index (χ3v) is 4.30. The Labute approximate surface area is 138 Å². The third kappa shape index (κ3) is 2.71. The van der Waals surface area contributed by atoms with Gasteiger partial charge >= 0.3 is 0 Å². The van der Waals surface area contributed by atoms with Crippen LogP contribution in [-0.4, -0.2) is 41.3 Å². The first-order chi connectivity index (χ1) is 11.2. The van der Waals surface area contributed by atoms with E-state index in [-0.39, 0.29) is 5.95 Å². The number of H-pyrrole nitrogens is 1. The van der Waals surface area contributed by atoms with Gasteiger partial charge in [0.1, 0.15) is 10.8 Å². The number of nitrogens with zero attached hydrogens (tertiary/aromatic N) is 3. The van der Waals surface area contributed by atoms with Gasteiger partial charge in [0.05, 0.1) is 18.6 Å². The zero-order valence-corrected chi connectivity index (χ0v) is 13.2. The first-order valence-electron chi connectivity index (χ1n) is 7.45. The highest BCUT2D eigenvalue weighted by Crippen LogP contribution is 2.29. The van der Waals surface area contributed by atoms with Crippen LogP contribution in [0.5, 0.6) is 0 Å². The second-order valence-corrected chi connectivity index (χ2v) is 5.82. The number of hydrogen-bond donors (Lipinski definition) is 2. The van der Waals surface area contributed by atoms with Crippen LogP contribution < -0.4 is 10.6 Å². The summed E-state index contributed by atoms with van der Waals surface area (Å²) in [6, 6.07) is 10.4. The van der Waals surface area contributed by atoms with E-state index >= 15 is 0 Å². The van der Waals surface area contributed by atoms with Crippen molar-refractivity contribution in [3.8, 4) is 11.3 Å². The molecule has 4 rings (SSSR count). The molecule has 2 aromatic heterocycles. The van der Waals surface area contributed by atoms with Crippen LogP contribution in [0, 0.1) is 0 Å². The maximum Gasteiger partial charge on any atom is 0.223 e. The number of nitrogen functional groups attached to an aromatic ring is 1. The van der Waals surface area contributed by atoms with Crippen LogP contribution in [0.4, 0.5) is 11.6 Å². The summed E-state index contributed by atoms with van der Waals surface area (Å²) >= 11 is 6.12. The Morgan fingerprint density at radius 2 is 1.87 bits per heavy atom. The number of nitrogens with one attached hydrogen (secondary N) is 1. The predicted molar refractivity (Wildman–Crippen MR) is 91.8 cm³/mol. The monoisotopic (exact) mass is 329 g/mol. The summed E-state index contributed by atoms with van der Waals surface area (Å²) in [5.41, 5.74) is 9.49. The second-order valence-electron chi connectivity index (χ2n) is 5.46. The molecule has 7 heteroatoms. The molecule has 118 valence electrons. The lowest BCUT2D eigenvalue weighted by atomic mass is 10.1. The second kappa shape index (κ2) is 5.72. The average molecular weight is 330 g/mol. The maximum atomic E-state index is 6.12. The zero-order chi connectivity index (χ0) is 15.8. The van der Waals surface area contributed by atoms with Gasteiger partial charge < -0.3 is 20.4 Å². The Morgan fingerprint density at radius 3 is 2.61 bits per heavy atom. The van der Waals surface area contributed by atoms with Crippen molar-refractivity contribution in [1.82, 2.24) is 15.0 Å². The van der Waals surface area contributed by atoms with E-state index in [1.807, 2.05) is 6.07 Å². The molecular weight excluding hydrogens is 314 g/mol. The largest absolute Gasteiger partial charge is 0.378 e. The predicted octanol–water partition coefficient (Wildman–Crippen LogP) is 2.70. The standard InChI is InChI=1S/C16H16ClN5O/c17-14-12-9-13(19-15(12)21-16(18)20-14)10-1-3-11(4-2-10)22-5-7-23-8-6-22/h1-4,9H,5-8H2,(H3,18,19,20,21). The van der Waals surface area contributed by atoms with Gasteiger partial charge in [-0.25, -0.2) is 4.98 Å². The molecule has 3 heterocycles. The molecule has 0 amide bonds. The van der Waals surface area contributed by atoms with Gasteiger partial charge in [0.15, 0.2) is 0 Å². The van der Waals surface area contributed by atoms with Crippen LogP contribution in [0.3, 0.4) is 0 Å². The van der Waals surface area contributed by atoms with Gasteiger partial charge in [-0.15, -0.1) is 0 Å². The highest BCUT2D eigenvalue weighted by atomic mass is 35.5. The van der Waals surface area contributed by atoms with Crippen molar-refractivity contribution in [2.75, 3.05) is 36.9 Å². The van der Waals surface area contributed by atoms with E-state index in [1.54, 1.807) is 0 Å². The maximum absolute atomic E-state index is 6.12. The Hall–Kier alpha value is -2.31. The van der Waals surface area contributed by atoms with Crippen molar-refractivity contribution < 1.29 is 4.74 Å². The lowest BCUT2D eigenvalue weighted by Gasteiger charge is -2.28. The summed E-state index contributed by atoms with van der Waals surface area (Å²) in [4.78, 5) is 13.7. The minimum atomic E-state index is 0.165. The van der Waals surface area contributed by atoms with E-state index in [1.165, 1.54) is 5.69 Å². The van der Waals surface area contributed by atoms with Crippen LogP contribution in [0.15, 0.2) is 30.3 Å². The zero-order valence-electron chi connectivity index (χ0n) is 12.4. The molecular formula is C16H16ClN5O. The van der Waals surface area contributed by atoms with Gasteiger partial charge in [-0.1, -0.05) is 23.7 Å². The number of anilines is 2. The smallest absolute Gasteiger partial charge is 0.223 e. The molecule has 0 bridgehead atoms. The van der Waals surface area contributed by atoms with Crippen molar-refractivity contribution in [1.29, 1.82) is 0 Å². The quantitative estimate of drug-likeness (QED) is 0.707. The molecule has 1 fully saturated rings. The number of aromatic nitrogens is 3. The van der Waals surface area contributed by atoms with Crippen molar-refractivity contribution in [3.05, 3.63) is 35.5 Å². The molecule has 6 nitrogen and oxygen atoms in total. The number of ether oxygens (including phenoxy) is 1. The summed E-state index contributed by atoms with van der Waals surface area (Å²) in [7, 11) is 0. The number of nitrogens with two attached hydrogens (primary N) is 1. The molecule has 23 heavy (non-hydrogen) atoms. The molecule has 0 atom stereocenters. The lowest BCUT2D eigenvalue weighted by molar-refractivity contribution is 0.122. The molecule has 3 aromatic rings. The van der Waals surface area contributed by atoms with Gasteiger partial charge in [0, 0.05) is 24.5 Å². The molecule has 0 spiro atoms. The highest BCUT2D eigenvalue weighted by Gasteiger charge is 2.12. The minimum absolute atomic E-state index is 0.165. The normalized spacial score (nSPS) is 15.3. The van der Waals surface area contributed by atoms with E-state index in [0.29, 0.717) is 10.8 Å². The van der Waals surface area contributed by atoms with Crippen molar-refractivity contribution in [2.45, 2.75) is 0 Å². The van der Waals surface area contributed by atoms with E-state index in [9.17, 15) is 0 Å². The van der Waals surface area contributed by atoms with E-state index < -0.39 is 0 Å². The fraction of sp³-hybridized carbons (Fsp3) is 0.250. The first kappa shape index (κ1) is 14.3. The molecule has 0 aliphatic carbocycles. The first-order valence-corrected chi connectivity index (χ1v) is 7.83. The van der Waals surface area contributed by atoms with Gasteiger partial charge in [-0.05, 0) is 23.8 Å². The topological polar surface area (TPSA) is 80.1 Å². The van der Waals surface area contributed by atoms with Gasteiger partial charge in [0.25, 0.3) is 0 Å². The Kier molecular flexibility index (Phi) is 3.55. The number of hydrogen-bond acceptors (Lipinski definition) is 5. The van der Waals surface area contributed by atoms with Crippen molar-refractivity contribution in [3.63, 3.8) is 0 Å². The summed E-state index contributed by atoms with van der Waals surface area (Å²) in [6.45, 7) is 3.41. The molecule has 1 aliphatic rings. The number of benzene rings is 1. The molecule has 1 aliphatic heterocycles. The molecule has 1 saturated heterocycles. The van der Waals surface area contributed by atoms with Crippen LogP contribution in [0.1, 0.15) is 0 Å². The van der Waals surface area contributed by atoms with E-state index in [0.717, 1.165) is 42.9 Å². The Morgan fingerprint density at radius 1 is 1.13 bits per heavy atom. The Balaban J connectivity index is 1.66. The summed E-state index contributed by atoms with van der Waals surface area (Å²) < 4.78 is 5.39. The number of morpholine rings is 1. The van der Waals surface area contributed by atoms with Gasteiger partial charge in [-0.2, -0.15) is 4.98 Å². The molecule has 0 saturated carbocycles. The van der Waals surface area contributed by atoms with Crippen molar-refractivity contribution in [2.24, 2.45) is 0 Å². The molecule has 0 unspecified atom stereocenters. The summed E-state index contributed by atoms with van der Waals surface area (Å²) in [6.07, 6.45) is 0. The summed E-state index contributed by atoms with van der Waals surface area (Å²) in [5, 5.41) is 1.13. The molecule has 3 N–H and O–H groups in total. The number of rotatable bonds is 2. The van der Waals surface area contributed by atoms with Gasteiger partial charge in [0.2, 0.25) is 5.95 Å². The SMILES string of the molecule is Nc1nc(Cl)c2cc(-c3ccc(N4CCOCC4)cc3)[nH]c2n1. The summed E-state index contributed by atoms with van der Waals surface area (Å²) in [5.74, 6) is 0.165. The van der Waals surface area contributed by atoms with Crippen molar-refractivity contribution >= 4 is 34.3 Å². The van der Waals surface area contributed by atoms with Crippen LogP contribution in [0.25, 0.3) is 22.3 Å². The van der Waals surface area contributed by atoms with E-state index in [4.69, 9.17) is 22.1 Å². The molecule has 1 aromatic carbocycles. The highest BCUT2D eigenvalue weighted by molar-refractivity contribution is 6.34. The number of halogens is 1. The number of aromatic amines is 1. The van der Waals surface area contributed by atoms with E-state index in [2.05, 4.69) is 44.1 Å². The van der Waals surface area contributed by atoms with Crippen LogP contribution in [-0.2, 0) is 4.74 Å². The van der Waals surface area contributed by atoms with Gasteiger partial charge in [-0.3, -0.25) is 0 Å². The lowest BCUT2D eigenvalue weighted by Crippen LogP contribution is -2.36. The minimum Gasteiger partial charge on any atom is -0.378 e. The average Bonchev–Trinajstić information content (AvgIpc) is 3.00. The van der Waals surface area contributed by atoms with Crippen LogP contribution in [0.2, 0.25) is 5.15 Å². The number of fused-ring (bicyclic) bond motifs is 1. The fourth-order valence-corrected chi connectivity index (χ4v) is 3.05. The van der Waals surface area contributed by atoms with Crippen LogP contribution >= 0.6 is 11.6 Å². The Bertz CT molecular complexity index is 840.